The molecule has 0 saturated carbocycles. The highest BCUT2D eigenvalue weighted by Crippen LogP contribution is 2.34. The number of benzene rings is 2. The maximum absolute atomic E-state index is 14.4. The number of methoxy groups -OCH3 is 1. The van der Waals surface area contributed by atoms with Crippen molar-refractivity contribution in [2.45, 2.75) is 0 Å². The van der Waals surface area contributed by atoms with Gasteiger partial charge in [-0.1, -0.05) is 12.6 Å². The number of nitrogens with one attached hydrogen (secondary N) is 2. The van der Waals surface area contributed by atoms with E-state index in [0.717, 1.165) is 4.70 Å². The molecule has 0 radical (unpaired) electrons. The van der Waals surface area contributed by atoms with Crippen LogP contribution in [0.3, 0.4) is 0 Å². The number of fused-ring (bicyclic) bond motifs is 1. The van der Waals surface area contributed by atoms with E-state index in [4.69, 9.17) is 14.2 Å². The lowest BCUT2D eigenvalue weighted by molar-refractivity contribution is -0.111. The Bertz CT molecular complexity index is 1330. The van der Waals surface area contributed by atoms with Crippen LogP contribution in [0.5, 0.6) is 17.4 Å². The van der Waals surface area contributed by atoms with Gasteiger partial charge in [-0.15, -0.1) is 11.3 Å². The Hall–Kier alpha value is -4.02. The van der Waals surface area contributed by atoms with Gasteiger partial charge < -0.3 is 24.8 Å². The maximum Gasteiger partial charge on any atom is 0.247 e. The minimum atomic E-state index is -0.521. The van der Waals surface area contributed by atoms with E-state index >= 15 is 0 Å². The van der Waals surface area contributed by atoms with E-state index in [1.807, 2.05) is 11.4 Å². The molecule has 34 heavy (non-hydrogen) atoms. The van der Waals surface area contributed by atoms with Crippen LogP contribution in [-0.4, -0.2) is 36.2 Å². The lowest BCUT2D eigenvalue weighted by atomic mass is 10.3. The summed E-state index contributed by atoms with van der Waals surface area (Å²) in [6.45, 7) is 4.05. The SMILES string of the molecule is C=CC(=O)Nc1cccc(Oc2nc(Nc3ccc(OCCOC)c(F)c3)nc3ccsc23)c1. The fourth-order valence-corrected chi connectivity index (χ4v) is 3.72. The zero-order valence-corrected chi connectivity index (χ0v) is 19.0. The molecule has 174 valence electrons. The third-order valence-electron chi connectivity index (χ3n) is 4.51. The van der Waals surface area contributed by atoms with E-state index < -0.39 is 5.82 Å². The molecule has 0 aliphatic carbocycles. The van der Waals surface area contributed by atoms with E-state index in [1.54, 1.807) is 37.4 Å². The normalized spacial score (nSPS) is 10.6. The number of ether oxygens (including phenoxy) is 3. The summed E-state index contributed by atoms with van der Waals surface area (Å²) in [7, 11) is 1.55. The summed E-state index contributed by atoms with van der Waals surface area (Å²) in [5, 5.41) is 7.57. The summed E-state index contributed by atoms with van der Waals surface area (Å²) in [6, 6.07) is 13.2. The van der Waals surface area contributed by atoms with Crippen molar-refractivity contribution in [2.75, 3.05) is 31.0 Å². The molecular formula is C24H21FN4O4S. The number of amides is 1. The van der Waals surface area contributed by atoms with Crippen LogP contribution in [0.1, 0.15) is 0 Å². The zero-order chi connectivity index (χ0) is 23.9. The van der Waals surface area contributed by atoms with Gasteiger partial charge in [0.05, 0.1) is 12.1 Å². The number of halogens is 1. The molecule has 1 amide bonds. The number of carbonyl (C=O) groups is 1. The van der Waals surface area contributed by atoms with Gasteiger partial charge in [-0.25, -0.2) is 9.37 Å². The van der Waals surface area contributed by atoms with Crippen molar-refractivity contribution in [3.63, 3.8) is 0 Å². The van der Waals surface area contributed by atoms with Crippen molar-refractivity contribution >= 4 is 44.8 Å². The Morgan fingerprint density at radius 2 is 2.03 bits per heavy atom. The lowest BCUT2D eigenvalue weighted by Gasteiger charge is -2.11. The fourth-order valence-electron chi connectivity index (χ4n) is 2.96. The first-order valence-electron chi connectivity index (χ1n) is 10.2. The highest BCUT2D eigenvalue weighted by molar-refractivity contribution is 7.17. The second-order valence-electron chi connectivity index (χ2n) is 6.92. The molecule has 0 aliphatic heterocycles. The van der Waals surface area contributed by atoms with Crippen LogP contribution in [0, 0.1) is 5.82 Å². The van der Waals surface area contributed by atoms with Gasteiger partial charge in [0, 0.05) is 30.6 Å². The largest absolute Gasteiger partial charge is 0.488 e. The lowest BCUT2D eigenvalue weighted by Crippen LogP contribution is -2.07. The van der Waals surface area contributed by atoms with Gasteiger partial charge in [0.1, 0.15) is 17.1 Å². The standard InChI is InChI=1S/C24H21FN4O4S/c1-3-21(30)26-15-5-4-6-17(13-15)33-23-22-19(9-12-34-22)28-24(29-23)27-16-7-8-20(18(25)14-16)32-11-10-31-2/h3-9,12-14H,1,10-11H2,2H3,(H,26,30)(H,27,28,29). The van der Waals surface area contributed by atoms with Gasteiger partial charge in [-0.3, -0.25) is 4.79 Å². The summed E-state index contributed by atoms with van der Waals surface area (Å²) in [5.41, 5.74) is 1.68. The highest BCUT2D eigenvalue weighted by Gasteiger charge is 2.13. The Morgan fingerprint density at radius 3 is 2.82 bits per heavy atom. The first kappa shape index (κ1) is 23.1. The van der Waals surface area contributed by atoms with Crippen LogP contribution in [0.15, 0.2) is 66.6 Å². The molecule has 0 atom stereocenters. The number of nitrogens with zero attached hydrogens (tertiary/aromatic N) is 2. The van der Waals surface area contributed by atoms with Gasteiger partial charge in [0.15, 0.2) is 11.6 Å². The van der Waals surface area contributed by atoms with Crippen molar-refractivity contribution in [3.8, 4) is 17.4 Å². The van der Waals surface area contributed by atoms with Gasteiger partial charge in [0.2, 0.25) is 17.7 Å². The number of anilines is 3. The van der Waals surface area contributed by atoms with E-state index in [9.17, 15) is 9.18 Å². The summed E-state index contributed by atoms with van der Waals surface area (Å²) >= 11 is 1.43. The Morgan fingerprint density at radius 1 is 1.15 bits per heavy atom. The van der Waals surface area contributed by atoms with Crippen LogP contribution in [0.2, 0.25) is 0 Å². The predicted octanol–water partition coefficient (Wildman–Crippen LogP) is 5.52. The van der Waals surface area contributed by atoms with Crippen molar-refractivity contribution in [2.24, 2.45) is 0 Å². The number of aromatic nitrogens is 2. The first-order valence-corrected chi connectivity index (χ1v) is 11.1. The van der Waals surface area contributed by atoms with Gasteiger partial charge >= 0.3 is 0 Å². The van der Waals surface area contributed by atoms with E-state index in [1.165, 1.54) is 29.5 Å². The predicted molar refractivity (Wildman–Crippen MR) is 130 cm³/mol. The maximum atomic E-state index is 14.4. The van der Waals surface area contributed by atoms with Crippen molar-refractivity contribution < 1.29 is 23.4 Å². The average Bonchev–Trinajstić information content (AvgIpc) is 3.30. The Balaban J connectivity index is 1.56. The number of hydrogen-bond donors (Lipinski definition) is 2. The zero-order valence-electron chi connectivity index (χ0n) is 18.2. The molecule has 0 spiro atoms. The van der Waals surface area contributed by atoms with Gasteiger partial charge in [0.25, 0.3) is 0 Å². The molecule has 2 aromatic heterocycles. The smallest absolute Gasteiger partial charge is 0.247 e. The number of carbonyl (C=O) groups excluding carboxylic acids is 1. The van der Waals surface area contributed by atoms with E-state index in [0.29, 0.717) is 35.1 Å². The van der Waals surface area contributed by atoms with E-state index in [2.05, 4.69) is 27.2 Å². The summed E-state index contributed by atoms with van der Waals surface area (Å²) in [4.78, 5) is 20.5. The van der Waals surface area contributed by atoms with Crippen LogP contribution < -0.4 is 20.1 Å². The second kappa shape index (κ2) is 10.7. The molecule has 0 bridgehead atoms. The topological polar surface area (TPSA) is 94.6 Å². The molecule has 0 fully saturated rings. The molecule has 2 heterocycles. The molecule has 8 nitrogen and oxygen atoms in total. The molecule has 0 saturated heterocycles. The summed E-state index contributed by atoms with van der Waals surface area (Å²) in [5.74, 6) is 0.328. The van der Waals surface area contributed by atoms with Crippen molar-refractivity contribution in [3.05, 3.63) is 72.4 Å². The second-order valence-corrected chi connectivity index (χ2v) is 7.84. The minimum Gasteiger partial charge on any atom is -0.488 e. The third kappa shape index (κ3) is 5.66. The van der Waals surface area contributed by atoms with E-state index in [-0.39, 0.29) is 24.2 Å². The molecule has 4 aromatic rings. The Kier molecular flexibility index (Phi) is 7.31. The number of rotatable bonds is 10. The van der Waals surface area contributed by atoms with Crippen molar-refractivity contribution in [1.82, 2.24) is 9.97 Å². The Labute approximate surface area is 199 Å². The molecule has 10 heteroatoms. The van der Waals surface area contributed by atoms with Gasteiger partial charge in [-0.05, 0) is 41.8 Å². The van der Waals surface area contributed by atoms with Crippen LogP contribution in [-0.2, 0) is 9.53 Å². The quantitative estimate of drug-likeness (QED) is 0.228. The molecule has 0 unspecified atom stereocenters. The summed E-state index contributed by atoms with van der Waals surface area (Å²) in [6.07, 6.45) is 1.19. The summed E-state index contributed by atoms with van der Waals surface area (Å²) < 4.78 is 31.4. The molecule has 0 aliphatic rings. The monoisotopic (exact) mass is 480 g/mol. The minimum absolute atomic E-state index is 0.129. The molecule has 2 N–H and O–H groups in total. The average molecular weight is 481 g/mol. The molecule has 2 aromatic carbocycles. The van der Waals surface area contributed by atoms with Crippen molar-refractivity contribution in [1.29, 1.82) is 0 Å². The van der Waals surface area contributed by atoms with Crippen LogP contribution >= 0.6 is 11.3 Å². The van der Waals surface area contributed by atoms with Crippen LogP contribution in [0.25, 0.3) is 10.2 Å². The first-order chi connectivity index (χ1) is 16.6. The highest BCUT2D eigenvalue weighted by atomic mass is 32.1. The fraction of sp³-hybridized carbons (Fsp3) is 0.125. The molecule has 4 rings (SSSR count). The third-order valence-corrected chi connectivity index (χ3v) is 5.40. The van der Waals surface area contributed by atoms with Crippen LogP contribution in [0.4, 0.5) is 21.7 Å². The number of hydrogen-bond acceptors (Lipinski definition) is 8. The van der Waals surface area contributed by atoms with Gasteiger partial charge in [-0.2, -0.15) is 4.98 Å². The number of thiophene rings is 1. The molecular weight excluding hydrogens is 459 g/mol.